The quantitative estimate of drug-likeness (QED) is 0.726. The van der Waals surface area contributed by atoms with E-state index in [4.69, 9.17) is 14.2 Å². The monoisotopic (exact) mass is 236 g/mol. The Morgan fingerprint density at radius 1 is 1.29 bits per heavy atom. The zero-order valence-electron chi connectivity index (χ0n) is 9.77. The summed E-state index contributed by atoms with van der Waals surface area (Å²) >= 11 is 0. The van der Waals surface area contributed by atoms with Gasteiger partial charge in [-0.25, -0.2) is 0 Å². The molecule has 0 bridgehead atoms. The zero-order valence-corrected chi connectivity index (χ0v) is 9.77. The fraction of sp³-hybridized carbons (Fsp3) is 0.333. The van der Waals surface area contributed by atoms with Crippen molar-refractivity contribution in [1.29, 1.82) is 0 Å². The lowest BCUT2D eigenvalue weighted by atomic mass is 10.3. The summed E-state index contributed by atoms with van der Waals surface area (Å²) in [6.07, 6.45) is 0.622. The van der Waals surface area contributed by atoms with E-state index in [1.54, 1.807) is 13.8 Å². The summed E-state index contributed by atoms with van der Waals surface area (Å²) in [5.74, 6) is -0.541. The van der Waals surface area contributed by atoms with E-state index in [9.17, 15) is 9.59 Å². The van der Waals surface area contributed by atoms with Gasteiger partial charge in [0.2, 0.25) is 11.5 Å². The van der Waals surface area contributed by atoms with Crippen molar-refractivity contribution in [3.63, 3.8) is 0 Å². The molecule has 0 saturated heterocycles. The summed E-state index contributed by atoms with van der Waals surface area (Å²) in [5.41, 5.74) is -0.136. The lowest BCUT2D eigenvalue weighted by Gasteiger charge is -2.16. The van der Waals surface area contributed by atoms with E-state index in [2.05, 4.69) is 0 Å². The van der Waals surface area contributed by atoms with Crippen molar-refractivity contribution in [2.24, 2.45) is 0 Å². The first-order chi connectivity index (χ1) is 7.96. The minimum Gasteiger partial charge on any atom is -0.492 e. The molecule has 1 aliphatic rings. The molecule has 0 saturated carbocycles. The Labute approximate surface area is 97.9 Å². The van der Waals surface area contributed by atoms with Gasteiger partial charge < -0.3 is 14.2 Å². The van der Waals surface area contributed by atoms with E-state index in [0.29, 0.717) is 11.8 Å². The van der Waals surface area contributed by atoms with Gasteiger partial charge in [-0.05, 0) is 12.1 Å². The van der Waals surface area contributed by atoms with Crippen LogP contribution in [0.15, 0.2) is 16.9 Å². The van der Waals surface area contributed by atoms with Gasteiger partial charge in [-0.3, -0.25) is 9.59 Å². The summed E-state index contributed by atoms with van der Waals surface area (Å²) in [6, 6.07) is 2.81. The highest BCUT2D eigenvalue weighted by atomic mass is 16.7. The minimum atomic E-state index is -0.916. The predicted molar refractivity (Wildman–Crippen MR) is 60.0 cm³/mol. The van der Waals surface area contributed by atoms with E-state index in [1.165, 1.54) is 19.2 Å². The van der Waals surface area contributed by atoms with E-state index in [0.717, 1.165) is 0 Å². The van der Waals surface area contributed by atoms with Gasteiger partial charge >= 0.3 is 0 Å². The molecule has 0 fully saturated rings. The summed E-state index contributed by atoms with van der Waals surface area (Å²) in [5, 5.41) is 0. The molecule has 0 radical (unpaired) electrons. The van der Waals surface area contributed by atoms with Crippen molar-refractivity contribution in [1.82, 2.24) is 0 Å². The second-order valence-corrected chi connectivity index (χ2v) is 4.10. The maximum absolute atomic E-state index is 12.0. The number of hydrogen-bond acceptors (Lipinski definition) is 5. The largest absolute Gasteiger partial charge is 0.492 e. The van der Waals surface area contributed by atoms with Crippen molar-refractivity contribution in [2.75, 3.05) is 7.11 Å². The number of carbonyl (C=O) groups is 1. The molecule has 0 unspecified atom stereocenters. The van der Waals surface area contributed by atoms with Crippen molar-refractivity contribution < 1.29 is 19.0 Å². The third-order valence-corrected chi connectivity index (χ3v) is 2.31. The molecule has 1 aromatic rings. The van der Waals surface area contributed by atoms with Crippen LogP contribution in [0.25, 0.3) is 0 Å². The first-order valence-electron chi connectivity index (χ1n) is 5.06. The minimum absolute atomic E-state index is 0.0506. The summed E-state index contributed by atoms with van der Waals surface area (Å²) in [7, 11) is 1.36. The van der Waals surface area contributed by atoms with Crippen LogP contribution in [0.3, 0.4) is 0 Å². The van der Waals surface area contributed by atoms with Gasteiger partial charge in [0.25, 0.3) is 5.43 Å². The van der Waals surface area contributed by atoms with Gasteiger partial charge in [-0.2, -0.15) is 0 Å². The molecular formula is C12H12O5. The van der Waals surface area contributed by atoms with Gasteiger partial charge in [0.05, 0.1) is 7.11 Å². The lowest BCUT2D eigenvalue weighted by molar-refractivity contribution is -0.0437. The number of rotatable bonds is 2. The molecule has 1 heterocycles. The maximum atomic E-state index is 12.0. The molecule has 0 amide bonds. The number of carbonyl (C=O) groups excluding carboxylic acids is 1. The number of ether oxygens (including phenoxy) is 3. The number of hydrogen-bond donors (Lipinski definition) is 0. The summed E-state index contributed by atoms with van der Waals surface area (Å²) in [4.78, 5) is 22.8. The Kier molecular flexibility index (Phi) is 2.53. The Bertz CT molecular complexity index is 533. The zero-order chi connectivity index (χ0) is 12.6. The Morgan fingerprint density at radius 2 is 2.00 bits per heavy atom. The summed E-state index contributed by atoms with van der Waals surface area (Å²) < 4.78 is 15.8. The SMILES string of the molecule is COc1cc(C=O)cc2c(c1=O)OC(C)(C)O2. The van der Waals surface area contributed by atoms with Crippen molar-refractivity contribution in [3.8, 4) is 17.2 Å². The smallest absolute Gasteiger partial charge is 0.266 e. The molecule has 5 heteroatoms. The van der Waals surface area contributed by atoms with Gasteiger partial charge in [0.1, 0.15) is 6.29 Å². The number of methoxy groups -OCH3 is 1. The van der Waals surface area contributed by atoms with E-state index in [1.807, 2.05) is 0 Å². The topological polar surface area (TPSA) is 61.8 Å². The van der Waals surface area contributed by atoms with Gasteiger partial charge in [0.15, 0.2) is 11.5 Å². The molecule has 0 aliphatic carbocycles. The first-order valence-corrected chi connectivity index (χ1v) is 5.06. The third-order valence-electron chi connectivity index (χ3n) is 2.31. The Balaban J connectivity index is 2.73. The molecule has 5 nitrogen and oxygen atoms in total. The average Bonchev–Trinajstić information content (AvgIpc) is 2.52. The lowest BCUT2D eigenvalue weighted by Crippen LogP contribution is -2.30. The van der Waals surface area contributed by atoms with Crippen LogP contribution in [-0.2, 0) is 0 Å². The molecule has 0 atom stereocenters. The molecule has 0 N–H and O–H groups in total. The highest BCUT2D eigenvalue weighted by Gasteiger charge is 2.34. The molecule has 1 aliphatic heterocycles. The van der Waals surface area contributed by atoms with Crippen molar-refractivity contribution in [3.05, 3.63) is 27.9 Å². The molecular weight excluding hydrogens is 224 g/mol. The molecule has 17 heavy (non-hydrogen) atoms. The number of aldehydes is 1. The van der Waals surface area contributed by atoms with Crippen LogP contribution in [0.2, 0.25) is 0 Å². The van der Waals surface area contributed by atoms with Gasteiger partial charge in [0, 0.05) is 19.4 Å². The Hall–Kier alpha value is -2.04. The average molecular weight is 236 g/mol. The number of fused-ring (bicyclic) bond motifs is 1. The maximum Gasteiger partial charge on any atom is 0.266 e. The van der Waals surface area contributed by atoms with Crippen LogP contribution in [0, 0.1) is 0 Å². The van der Waals surface area contributed by atoms with E-state index in [-0.39, 0.29) is 17.2 Å². The van der Waals surface area contributed by atoms with Crippen LogP contribution >= 0.6 is 0 Å². The second-order valence-electron chi connectivity index (χ2n) is 4.10. The highest BCUT2D eigenvalue weighted by Crippen LogP contribution is 2.37. The molecule has 90 valence electrons. The summed E-state index contributed by atoms with van der Waals surface area (Å²) in [6.45, 7) is 3.36. The van der Waals surface area contributed by atoms with Crippen molar-refractivity contribution >= 4 is 6.29 Å². The normalized spacial score (nSPS) is 15.5. The highest BCUT2D eigenvalue weighted by molar-refractivity contribution is 5.76. The van der Waals surface area contributed by atoms with Crippen LogP contribution in [0.5, 0.6) is 17.2 Å². The van der Waals surface area contributed by atoms with Crippen molar-refractivity contribution in [2.45, 2.75) is 19.6 Å². The standard InChI is InChI=1S/C12H12O5/c1-12(2)16-9-5-7(6-13)4-8(15-3)10(14)11(9)17-12/h4-6H,1-3H3. The van der Waals surface area contributed by atoms with Crippen LogP contribution in [-0.4, -0.2) is 19.2 Å². The first kappa shape index (κ1) is 11.4. The molecule has 1 aromatic carbocycles. The third kappa shape index (κ3) is 1.95. The molecule has 0 aromatic heterocycles. The molecule has 2 rings (SSSR count). The predicted octanol–water partition coefficient (Wildman–Crippen LogP) is 1.38. The fourth-order valence-corrected chi connectivity index (χ4v) is 1.62. The van der Waals surface area contributed by atoms with Gasteiger partial charge in [-0.1, -0.05) is 0 Å². The molecule has 0 spiro atoms. The van der Waals surface area contributed by atoms with E-state index >= 15 is 0 Å². The van der Waals surface area contributed by atoms with Crippen LogP contribution < -0.4 is 19.6 Å². The van der Waals surface area contributed by atoms with Crippen LogP contribution in [0.4, 0.5) is 0 Å². The second kappa shape index (κ2) is 3.76. The van der Waals surface area contributed by atoms with Gasteiger partial charge in [-0.15, -0.1) is 0 Å². The van der Waals surface area contributed by atoms with E-state index < -0.39 is 11.2 Å². The Morgan fingerprint density at radius 3 is 2.59 bits per heavy atom. The van der Waals surface area contributed by atoms with Crippen LogP contribution in [0.1, 0.15) is 24.2 Å². The fourth-order valence-electron chi connectivity index (χ4n) is 1.62.